The largest absolute Gasteiger partial charge is 0.489 e. The first-order valence-corrected chi connectivity index (χ1v) is 10.0. The Kier molecular flexibility index (Phi) is 5.48. The fourth-order valence-electron chi connectivity index (χ4n) is 3.99. The molecule has 0 aliphatic carbocycles. The zero-order chi connectivity index (χ0) is 18.6. The zero-order valence-corrected chi connectivity index (χ0v) is 16.0. The summed E-state index contributed by atoms with van der Waals surface area (Å²) >= 11 is 0. The fourth-order valence-corrected chi connectivity index (χ4v) is 3.99. The van der Waals surface area contributed by atoms with Crippen LogP contribution >= 0.6 is 0 Å². The van der Waals surface area contributed by atoms with Crippen molar-refractivity contribution in [3.8, 4) is 5.75 Å². The molecular formula is C22H28N2O3. The number of nitrogens with zero attached hydrogens (tertiary/aromatic N) is 2. The molecule has 0 radical (unpaired) electrons. The van der Waals surface area contributed by atoms with Crippen molar-refractivity contribution in [2.24, 2.45) is 0 Å². The van der Waals surface area contributed by atoms with Gasteiger partial charge >= 0.3 is 0 Å². The van der Waals surface area contributed by atoms with Crippen LogP contribution < -0.4 is 4.74 Å². The number of hydrogen-bond acceptors (Lipinski definition) is 4. The number of furan rings is 1. The SMILES string of the molecule is Cc1ccc(CN2CCC(Oc3ccccc3C(=O)N3CCCC3)CC2)o1. The predicted octanol–water partition coefficient (Wildman–Crippen LogP) is 3.87. The summed E-state index contributed by atoms with van der Waals surface area (Å²) in [5, 5.41) is 0. The van der Waals surface area contributed by atoms with Gasteiger partial charge in [0.15, 0.2) is 0 Å². The first-order valence-electron chi connectivity index (χ1n) is 10.0. The van der Waals surface area contributed by atoms with Gasteiger partial charge in [0, 0.05) is 26.2 Å². The fraction of sp³-hybridized carbons (Fsp3) is 0.500. The second kappa shape index (κ2) is 8.17. The molecular weight excluding hydrogens is 340 g/mol. The van der Waals surface area contributed by atoms with E-state index >= 15 is 0 Å². The van der Waals surface area contributed by atoms with E-state index in [1.807, 2.05) is 42.2 Å². The summed E-state index contributed by atoms with van der Waals surface area (Å²) in [5.74, 6) is 2.82. The number of benzene rings is 1. The molecule has 0 atom stereocenters. The minimum atomic E-state index is 0.105. The van der Waals surface area contributed by atoms with E-state index in [1.54, 1.807) is 0 Å². The van der Waals surface area contributed by atoms with Gasteiger partial charge in [0.05, 0.1) is 12.1 Å². The van der Waals surface area contributed by atoms with Crippen molar-refractivity contribution in [3.05, 3.63) is 53.5 Å². The Morgan fingerprint density at radius 1 is 1.07 bits per heavy atom. The zero-order valence-electron chi connectivity index (χ0n) is 16.0. The van der Waals surface area contributed by atoms with Crippen molar-refractivity contribution in [1.29, 1.82) is 0 Å². The molecule has 0 N–H and O–H groups in total. The van der Waals surface area contributed by atoms with Crippen molar-refractivity contribution in [3.63, 3.8) is 0 Å². The third kappa shape index (κ3) is 4.35. The van der Waals surface area contributed by atoms with Crippen molar-refractivity contribution in [2.75, 3.05) is 26.2 Å². The molecule has 2 saturated heterocycles. The van der Waals surface area contributed by atoms with Crippen LogP contribution in [-0.2, 0) is 6.54 Å². The van der Waals surface area contributed by atoms with Gasteiger partial charge in [-0.3, -0.25) is 9.69 Å². The Morgan fingerprint density at radius 3 is 2.52 bits per heavy atom. The van der Waals surface area contributed by atoms with Crippen molar-refractivity contribution in [1.82, 2.24) is 9.80 Å². The lowest BCUT2D eigenvalue weighted by Crippen LogP contribution is -2.38. The number of piperidine rings is 1. The first kappa shape index (κ1) is 18.1. The van der Waals surface area contributed by atoms with Crippen LogP contribution in [0.25, 0.3) is 0 Å². The highest BCUT2D eigenvalue weighted by atomic mass is 16.5. The smallest absolute Gasteiger partial charge is 0.257 e. The predicted molar refractivity (Wildman–Crippen MR) is 104 cm³/mol. The van der Waals surface area contributed by atoms with Crippen molar-refractivity contribution in [2.45, 2.75) is 45.3 Å². The third-order valence-electron chi connectivity index (χ3n) is 5.51. The number of amides is 1. The Morgan fingerprint density at radius 2 is 1.81 bits per heavy atom. The van der Waals surface area contributed by atoms with Gasteiger partial charge in [0.25, 0.3) is 5.91 Å². The summed E-state index contributed by atoms with van der Waals surface area (Å²) in [6.45, 7) is 6.50. The van der Waals surface area contributed by atoms with Crippen LogP contribution in [0.2, 0.25) is 0 Å². The molecule has 5 nitrogen and oxygen atoms in total. The molecule has 2 aliphatic heterocycles. The summed E-state index contributed by atoms with van der Waals surface area (Å²) in [6, 6.07) is 11.8. The molecule has 3 heterocycles. The molecule has 2 fully saturated rings. The average Bonchev–Trinajstić information content (AvgIpc) is 3.35. The summed E-state index contributed by atoms with van der Waals surface area (Å²) in [6.07, 6.45) is 4.29. The van der Waals surface area contributed by atoms with E-state index in [-0.39, 0.29) is 12.0 Å². The lowest BCUT2D eigenvalue weighted by atomic mass is 10.1. The van der Waals surface area contributed by atoms with E-state index in [9.17, 15) is 4.79 Å². The molecule has 2 aliphatic rings. The third-order valence-corrected chi connectivity index (χ3v) is 5.51. The molecule has 144 valence electrons. The second-order valence-corrected chi connectivity index (χ2v) is 7.60. The number of rotatable bonds is 5. The number of aryl methyl sites for hydroxylation is 1. The molecule has 0 spiro atoms. The van der Waals surface area contributed by atoms with E-state index in [0.717, 1.165) is 75.7 Å². The lowest BCUT2D eigenvalue weighted by Gasteiger charge is -2.32. The maximum Gasteiger partial charge on any atom is 0.257 e. The average molecular weight is 368 g/mol. The molecule has 27 heavy (non-hydrogen) atoms. The number of ether oxygens (including phenoxy) is 1. The van der Waals surface area contributed by atoms with Crippen LogP contribution in [0, 0.1) is 6.92 Å². The van der Waals surface area contributed by atoms with Gasteiger partial charge < -0.3 is 14.1 Å². The number of para-hydroxylation sites is 1. The Balaban J connectivity index is 1.34. The quantitative estimate of drug-likeness (QED) is 0.804. The van der Waals surface area contributed by atoms with Crippen molar-refractivity contribution >= 4 is 5.91 Å². The molecule has 4 rings (SSSR count). The molecule has 0 unspecified atom stereocenters. The highest BCUT2D eigenvalue weighted by Gasteiger charge is 2.25. The van der Waals surface area contributed by atoms with Crippen LogP contribution in [0.3, 0.4) is 0 Å². The van der Waals surface area contributed by atoms with Gasteiger partial charge in [-0.05, 0) is 56.9 Å². The standard InChI is InChI=1S/C22H28N2O3/c1-17-8-9-19(26-17)16-23-14-10-18(11-15-23)27-21-7-3-2-6-20(21)22(25)24-12-4-5-13-24/h2-3,6-9,18H,4-5,10-16H2,1H3. The van der Waals surface area contributed by atoms with Gasteiger partial charge in [-0.25, -0.2) is 0 Å². The summed E-state index contributed by atoms with van der Waals surface area (Å²) in [5.41, 5.74) is 0.702. The van der Waals surface area contributed by atoms with Gasteiger partial charge in [0.2, 0.25) is 0 Å². The first-order chi connectivity index (χ1) is 13.2. The molecule has 1 aromatic heterocycles. The Hall–Kier alpha value is -2.27. The minimum Gasteiger partial charge on any atom is -0.489 e. The van der Waals surface area contributed by atoms with Crippen LogP contribution in [0.1, 0.15) is 47.6 Å². The van der Waals surface area contributed by atoms with E-state index in [0.29, 0.717) is 5.56 Å². The highest BCUT2D eigenvalue weighted by Crippen LogP contribution is 2.26. The second-order valence-electron chi connectivity index (χ2n) is 7.60. The van der Waals surface area contributed by atoms with Gasteiger partial charge in [0.1, 0.15) is 23.4 Å². The molecule has 5 heteroatoms. The van der Waals surface area contributed by atoms with E-state index < -0.39 is 0 Å². The lowest BCUT2D eigenvalue weighted by molar-refractivity contribution is 0.0760. The minimum absolute atomic E-state index is 0.105. The number of likely N-dealkylation sites (tertiary alicyclic amines) is 2. The normalized spacial score (nSPS) is 18.8. The molecule has 0 bridgehead atoms. The number of carbonyl (C=O) groups is 1. The molecule has 2 aromatic rings. The molecule has 1 aromatic carbocycles. The van der Waals surface area contributed by atoms with Gasteiger partial charge in [-0.1, -0.05) is 12.1 Å². The molecule has 0 saturated carbocycles. The highest BCUT2D eigenvalue weighted by molar-refractivity contribution is 5.97. The molecule has 1 amide bonds. The Labute approximate surface area is 160 Å². The van der Waals surface area contributed by atoms with Crippen LogP contribution in [0.15, 0.2) is 40.8 Å². The van der Waals surface area contributed by atoms with Gasteiger partial charge in [-0.2, -0.15) is 0 Å². The topological polar surface area (TPSA) is 45.9 Å². The van der Waals surface area contributed by atoms with E-state index in [1.165, 1.54) is 0 Å². The van der Waals surface area contributed by atoms with E-state index in [4.69, 9.17) is 9.15 Å². The van der Waals surface area contributed by atoms with Crippen LogP contribution in [0.4, 0.5) is 0 Å². The van der Waals surface area contributed by atoms with Crippen molar-refractivity contribution < 1.29 is 13.9 Å². The number of hydrogen-bond donors (Lipinski definition) is 0. The monoisotopic (exact) mass is 368 g/mol. The summed E-state index contributed by atoms with van der Waals surface area (Å²) in [4.78, 5) is 17.1. The summed E-state index contributed by atoms with van der Waals surface area (Å²) < 4.78 is 12.0. The maximum absolute atomic E-state index is 12.8. The van der Waals surface area contributed by atoms with Gasteiger partial charge in [-0.15, -0.1) is 0 Å². The summed E-state index contributed by atoms with van der Waals surface area (Å²) in [7, 11) is 0. The maximum atomic E-state index is 12.8. The van der Waals surface area contributed by atoms with E-state index in [2.05, 4.69) is 11.0 Å². The van der Waals surface area contributed by atoms with Crippen LogP contribution in [0.5, 0.6) is 5.75 Å². The Bertz CT molecular complexity index is 771. The number of carbonyl (C=O) groups excluding carboxylic acids is 1. The van der Waals surface area contributed by atoms with Crippen LogP contribution in [-0.4, -0.2) is 48.0 Å².